The molecule has 1 aromatic heterocycles. The third-order valence-electron chi connectivity index (χ3n) is 3.54. The molecule has 96 valence electrons. The predicted octanol–water partition coefficient (Wildman–Crippen LogP) is 2.95. The van der Waals surface area contributed by atoms with Gasteiger partial charge < -0.3 is 9.88 Å². The number of nitrogens with zero attached hydrogens (tertiary/aromatic N) is 1. The molecule has 0 fully saturated rings. The van der Waals surface area contributed by atoms with Gasteiger partial charge in [-0.2, -0.15) is 0 Å². The molecule has 1 atom stereocenters. The number of nitrogens with one attached hydrogen (secondary N) is 1. The van der Waals surface area contributed by atoms with Gasteiger partial charge in [0.2, 0.25) is 0 Å². The van der Waals surface area contributed by atoms with E-state index in [0.29, 0.717) is 11.6 Å². The number of fused-ring (bicyclic) bond motifs is 1. The van der Waals surface area contributed by atoms with Gasteiger partial charge in [0, 0.05) is 24.0 Å². The Morgan fingerprint density at radius 1 is 1.22 bits per heavy atom. The van der Waals surface area contributed by atoms with Gasteiger partial charge in [-0.25, -0.2) is 0 Å². The number of carbonyl (C=O) groups is 1. The van der Waals surface area contributed by atoms with Crippen LogP contribution >= 0.6 is 0 Å². The third-order valence-corrected chi connectivity index (χ3v) is 3.54. The van der Waals surface area contributed by atoms with Crippen LogP contribution in [0.5, 0.6) is 0 Å². The van der Waals surface area contributed by atoms with E-state index in [1.807, 2.05) is 48.9 Å². The van der Waals surface area contributed by atoms with Crippen molar-refractivity contribution in [1.29, 1.82) is 0 Å². The van der Waals surface area contributed by atoms with Crippen molar-refractivity contribution in [3.63, 3.8) is 0 Å². The molecule has 18 heavy (non-hydrogen) atoms. The normalized spacial score (nSPS) is 12.9. The lowest BCUT2D eigenvalue weighted by molar-refractivity contribution is 0.0922. The molecule has 0 radical (unpaired) electrons. The summed E-state index contributed by atoms with van der Waals surface area (Å²) < 4.78 is 1.94. The van der Waals surface area contributed by atoms with Crippen molar-refractivity contribution in [1.82, 2.24) is 9.88 Å². The van der Waals surface area contributed by atoms with Crippen molar-refractivity contribution in [2.24, 2.45) is 13.0 Å². The molecule has 3 heteroatoms. The fourth-order valence-electron chi connectivity index (χ4n) is 1.95. The molecular weight excluding hydrogens is 224 g/mol. The van der Waals surface area contributed by atoms with Crippen molar-refractivity contribution < 1.29 is 4.79 Å². The molecule has 0 saturated carbocycles. The minimum absolute atomic E-state index is 0.00472. The lowest BCUT2D eigenvalue weighted by Gasteiger charge is -2.17. The van der Waals surface area contributed by atoms with Gasteiger partial charge in [0.05, 0.1) is 0 Å². The van der Waals surface area contributed by atoms with Gasteiger partial charge in [0.1, 0.15) is 5.69 Å². The summed E-state index contributed by atoms with van der Waals surface area (Å²) in [5, 5.41) is 4.14. The summed E-state index contributed by atoms with van der Waals surface area (Å²) >= 11 is 0. The fourth-order valence-corrected chi connectivity index (χ4v) is 1.95. The molecule has 2 rings (SSSR count). The van der Waals surface area contributed by atoms with E-state index in [1.54, 1.807) is 0 Å². The highest BCUT2D eigenvalue weighted by Crippen LogP contribution is 2.18. The maximum Gasteiger partial charge on any atom is 0.268 e. The number of aryl methyl sites for hydroxylation is 1. The molecule has 2 aromatic rings. The number of benzene rings is 1. The number of aromatic nitrogens is 1. The number of para-hydroxylation sites is 1. The molecule has 0 aliphatic carbocycles. The Labute approximate surface area is 108 Å². The largest absolute Gasteiger partial charge is 0.348 e. The molecule has 0 aliphatic heterocycles. The summed E-state index contributed by atoms with van der Waals surface area (Å²) in [6.45, 7) is 6.24. The first kappa shape index (κ1) is 12.7. The highest BCUT2D eigenvalue weighted by molar-refractivity contribution is 5.98. The fraction of sp³-hybridized carbons (Fsp3) is 0.400. The van der Waals surface area contributed by atoms with Crippen molar-refractivity contribution >= 4 is 16.8 Å². The van der Waals surface area contributed by atoms with E-state index in [0.717, 1.165) is 10.9 Å². The number of carbonyl (C=O) groups excluding carboxylic acids is 1. The van der Waals surface area contributed by atoms with E-state index in [4.69, 9.17) is 0 Å². The highest BCUT2D eigenvalue weighted by atomic mass is 16.2. The van der Waals surface area contributed by atoms with Gasteiger partial charge in [-0.15, -0.1) is 0 Å². The van der Waals surface area contributed by atoms with Crippen molar-refractivity contribution in [2.75, 3.05) is 0 Å². The SMILES string of the molecule is CC(C)C(C)NC(=O)c1cc2ccccc2n1C. The Bertz CT molecular complexity index is 569. The Hall–Kier alpha value is -1.77. The zero-order chi connectivity index (χ0) is 13.3. The molecule has 0 saturated heterocycles. The average molecular weight is 244 g/mol. The quantitative estimate of drug-likeness (QED) is 0.885. The molecular formula is C15H20N2O. The van der Waals surface area contributed by atoms with Gasteiger partial charge in [-0.1, -0.05) is 32.0 Å². The molecule has 0 bridgehead atoms. The van der Waals surface area contributed by atoms with Crippen LogP contribution in [0, 0.1) is 5.92 Å². The van der Waals surface area contributed by atoms with Gasteiger partial charge in [-0.05, 0) is 25.0 Å². The molecule has 0 aliphatic rings. The number of rotatable bonds is 3. The maximum absolute atomic E-state index is 12.2. The van der Waals surface area contributed by atoms with E-state index in [2.05, 4.69) is 19.2 Å². The van der Waals surface area contributed by atoms with Crippen LogP contribution < -0.4 is 5.32 Å². The topological polar surface area (TPSA) is 34.0 Å². The molecule has 1 heterocycles. The molecule has 1 amide bonds. The van der Waals surface area contributed by atoms with Gasteiger partial charge in [0.25, 0.3) is 5.91 Å². The lowest BCUT2D eigenvalue weighted by Crippen LogP contribution is -2.36. The predicted molar refractivity (Wildman–Crippen MR) is 74.7 cm³/mol. The second kappa shape index (κ2) is 4.84. The molecule has 0 spiro atoms. The first-order valence-electron chi connectivity index (χ1n) is 6.36. The number of hydrogen-bond acceptors (Lipinski definition) is 1. The molecule has 1 N–H and O–H groups in total. The van der Waals surface area contributed by atoms with Crippen LogP contribution in [-0.4, -0.2) is 16.5 Å². The summed E-state index contributed by atoms with van der Waals surface area (Å²) in [5.41, 5.74) is 1.79. The standard InChI is InChI=1S/C15H20N2O/c1-10(2)11(3)16-15(18)14-9-12-7-5-6-8-13(12)17(14)4/h5-11H,1-4H3,(H,16,18). The van der Waals surface area contributed by atoms with Crippen LogP contribution in [0.4, 0.5) is 0 Å². The smallest absolute Gasteiger partial charge is 0.268 e. The molecule has 3 nitrogen and oxygen atoms in total. The summed E-state index contributed by atoms with van der Waals surface area (Å²) in [6, 6.07) is 10.1. The van der Waals surface area contributed by atoms with Crippen LogP contribution in [0.25, 0.3) is 10.9 Å². The Kier molecular flexibility index (Phi) is 3.41. The van der Waals surface area contributed by atoms with E-state index >= 15 is 0 Å². The monoisotopic (exact) mass is 244 g/mol. The number of hydrogen-bond donors (Lipinski definition) is 1. The zero-order valence-electron chi connectivity index (χ0n) is 11.4. The lowest BCUT2D eigenvalue weighted by atomic mass is 10.1. The molecule has 1 unspecified atom stereocenters. The van der Waals surface area contributed by atoms with E-state index in [9.17, 15) is 4.79 Å². The van der Waals surface area contributed by atoms with Gasteiger partial charge in [-0.3, -0.25) is 4.79 Å². The second-order valence-electron chi connectivity index (χ2n) is 5.15. The minimum atomic E-state index is -0.00472. The van der Waals surface area contributed by atoms with Crippen LogP contribution in [-0.2, 0) is 7.05 Å². The minimum Gasteiger partial charge on any atom is -0.348 e. The van der Waals surface area contributed by atoms with Crippen LogP contribution in [0.1, 0.15) is 31.3 Å². The zero-order valence-corrected chi connectivity index (χ0v) is 11.4. The van der Waals surface area contributed by atoms with Crippen LogP contribution in [0.2, 0.25) is 0 Å². The first-order valence-corrected chi connectivity index (χ1v) is 6.36. The summed E-state index contributed by atoms with van der Waals surface area (Å²) in [5.74, 6) is 0.429. The van der Waals surface area contributed by atoms with Gasteiger partial charge in [0.15, 0.2) is 0 Å². The second-order valence-corrected chi connectivity index (χ2v) is 5.15. The average Bonchev–Trinajstić information content (AvgIpc) is 2.67. The maximum atomic E-state index is 12.2. The van der Waals surface area contributed by atoms with Crippen LogP contribution in [0.3, 0.4) is 0 Å². The first-order chi connectivity index (χ1) is 8.50. The van der Waals surface area contributed by atoms with Crippen molar-refractivity contribution in [3.05, 3.63) is 36.0 Å². The summed E-state index contributed by atoms with van der Waals surface area (Å²) in [4.78, 5) is 12.2. The third kappa shape index (κ3) is 2.26. The highest BCUT2D eigenvalue weighted by Gasteiger charge is 2.16. The summed E-state index contributed by atoms with van der Waals surface area (Å²) in [6.07, 6.45) is 0. The number of amides is 1. The van der Waals surface area contributed by atoms with Gasteiger partial charge >= 0.3 is 0 Å². The van der Waals surface area contributed by atoms with E-state index in [-0.39, 0.29) is 11.9 Å². The Balaban J connectivity index is 2.31. The van der Waals surface area contributed by atoms with E-state index < -0.39 is 0 Å². The Morgan fingerprint density at radius 3 is 2.50 bits per heavy atom. The summed E-state index contributed by atoms with van der Waals surface area (Å²) in [7, 11) is 1.93. The Morgan fingerprint density at radius 2 is 1.89 bits per heavy atom. The molecule has 1 aromatic carbocycles. The van der Waals surface area contributed by atoms with Crippen molar-refractivity contribution in [3.8, 4) is 0 Å². The van der Waals surface area contributed by atoms with Crippen molar-refractivity contribution in [2.45, 2.75) is 26.8 Å². The van der Waals surface area contributed by atoms with Crippen LogP contribution in [0.15, 0.2) is 30.3 Å². The van der Waals surface area contributed by atoms with E-state index in [1.165, 1.54) is 0 Å².